The number of aryl methyl sites for hydroxylation is 1. The highest BCUT2D eigenvalue weighted by molar-refractivity contribution is 5.49. The van der Waals surface area contributed by atoms with Crippen molar-refractivity contribution in [1.29, 1.82) is 0 Å². The molecule has 5 atom stereocenters. The Kier molecular flexibility index (Phi) is 4.79. The number of nitrogens with zero attached hydrogens (tertiary/aromatic N) is 3. The van der Waals surface area contributed by atoms with Gasteiger partial charge in [0.1, 0.15) is 17.1 Å². The molecule has 1 aromatic heterocycles. The second-order valence-electron chi connectivity index (χ2n) is 10.5. The lowest BCUT2D eigenvalue weighted by molar-refractivity contribution is -0.111. The van der Waals surface area contributed by atoms with E-state index >= 15 is 0 Å². The summed E-state index contributed by atoms with van der Waals surface area (Å²) in [6.45, 7) is 2.23. The topological polar surface area (TPSA) is 80.4 Å². The first-order chi connectivity index (χ1) is 16.3. The van der Waals surface area contributed by atoms with Gasteiger partial charge >= 0.3 is 0 Å². The quantitative estimate of drug-likeness (QED) is 0.580. The summed E-state index contributed by atoms with van der Waals surface area (Å²) in [5, 5.41) is 31.0. The molecule has 0 unspecified atom stereocenters. The van der Waals surface area contributed by atoms with E-state index in [0.717, 1.165) is 32.1 Å². The number of aromatic nitrogens is 3. The van der Waals surface area contributed by atoms with Crippen molar-refractivity contribution in [2.24, 2.45) is 17.3 Å². The van der Waals surface area contributed by atoms with E-state index in [4.69, 9.17) is 4.74 Å². The lowest BCUT2D eigenvalue weighted by Gasteiger charge is -2.52. The highest BCUT2D eigenvalue weighted by Crippen LogP contribution is 2.67. The normalized spacial score (nSPS) is 32.1. The molecule has 3 aromatic rings. The van der Waals surface area contributed by atoms with Crippen LogP contribution in [-0.4, -0.2) is 32.3 Å². The van der Waals surface area contributed by atoms with Crippen molar-refractivity contribution in [2.75, 3.05) is 7.11 Å². The molecule has 34 heavy (non-hydrogen) atoms. The van der Waals surface area contributed by atoms with Crippen LogP contribution in [0, 0.1) is 23.1 Å². The van der Waals surface area contributed by atoms with Crippen molar-refractivity contribution in [1.82, 2.24) is 15.0 Å². The van der Waals surface area contributed by atoms with E-state index in [-0.39, 0.29) is 17.0 Å². The summed E-state index contributed by atoms with van der Waals surface area (Å²) in [6, 6.07) is 10.0. The molecule has 0 radical (unpaired) electrons. The second kappa shape index (κ2) is 7.54. The van der Waals surface area contributed by atoms with Gasteiger partial charge in [-0.25, -0.2) is 9.07 Å². The number of ether oxygens (including phenoxy) is 1. The molecule has 178 valence electrons. The Hall–Kier alpha value is -2.93. The van der Waals surface area contributed by atoms with Gasteiger partial charge in [-0.05, 0) is 104 Å². The fraction of sp³-hybridized carbons (Fsp3) is 0.481. The Morgan fingerprint density at radius 2 is 1.91 bits per heavy atom. The number of rotatable bonds is 3. The fourth-order valence-electron chi connectivity index (χ4n) is 7.36. The molecule has 0 saturated heterocycles. The molecule has 2 aromatic carbocycles. The molecule has 0 bridgehead atoms. The summed E-state index contributed by atoms with van der Waals surface area (Å²) in [7, 11) is 1.59. The van der Waals surface area contributed by atoms with Crippen LogP contribution in [0.25, 0.3) is 5.69 Å². The molecule has 0 spiro atoms. The minimum Gasteiger partial charge on any atom is -0.504 e. The van der Waals surface area contributed by atoms with E-state index in [1.54, 1.807) is 30.1 Å². The van der Waals surface area contributed by atoms with Crippen LogP contribution in [0.15, 0.2) is 42.6 Å². The lowest BCUT2D eigenvalue weighted by Crippen LogP contribution is -2.49. The Morgan fingerprint density at radius 3 is 2.68 bits per heavy atom. The second-order valence-corrected chi connectivity index (χ2v) is 10.5. The smallest absolute Gasteiger partial charge is 0.160 e. The Morgan fingerprint density at radius 1 is 1.12 bits per heavy atom. The number of methoxy groups -OCH3 is 1. The maximum absolute atomic E-state index is 13.3. The van der Waals surface area contributed by atoms with Gasteiger partial charge in [-0.2, -0.15) is 0 Å². The van der Waals surface area contributed by atoms with Crippen molar-refractivity contribution in [2.45, 2.75) is 57.0 Å². The lowest BCUT2D eigenvalue weighted by atomic mass is 9.53. The van der Waals surface area contributed by atoms with E-state index in [1.165, 1.54) is 23.3 Å². The highest BCUT2D eigenvalue weighted by atomic mass is 19.1. The monoisotopic (exact) mass is 463 g/mol. The zero-order valence-corrected chi connectivity index (χ0v) is 19.5. The molecule has 2 saturated carbocycles. The maximum Gasteiger partial charge on any atom is 0.160 e. The predicted molar refractivity (Wildman–Crippen MR) is 124 cm³/mol. The van der Waals surface area contributed by atoms with Gasteiger partial charge in [0, 0.05) is 5.41 Å². The van der Waals surface area contributed by atoms with Crippen molar-refractivity contribution in [3.63, 3.8) is 0 Å². The van der Waals surface area contributed by atoms with Crippen LogP contribution in [0.1, 0.15) is 61.8 Å². The number of fused-ring (bicyclic) bond motifs is 5. The third-order valence-corrected chi connectivity index (χ3v) is 9.18. The molecule has 6 rings (SSSR count). The zero-order valence-electron chi connectivity index (χ0n) is 19.5. The first-order valence-corrected chi connectivity index (χ1v) is 12.1. The SMILES string of the molecule is COc1cc2c(cc1O)CC[C@@H]1[C@@H]2CC[C@@]2(C)[C@H]1CC[C@@]2(O)c1cn(-c2ccc(F)cc2)nn1. The first-order valence-electron chi connectivity index (χ1n) is 12.1. The van der Waals surface area contributed by atoms with Gasteiger partial charge in [-0.15, -0.1) is 5.10 Å². The van der Waals surface area contributed by atoms with Gasteiger partial charge in [-0.3, -0.25) is 0 Å². The predicted octanol–water partition coefficient (Wildman–Crippen LogP) is 4.86. The molecular weight excluding hydrogens is 433 g/mol. The molecule has 2 fully saturated rings. The molecule has 7 heteroatoms. The zero-order chi connectivity index (χ0) is 23.7. The largest absolute Gasteiger partial charge is 0.504 e. The number of benzene rings is 2. The van der Waals surface area contributed by atoms with E-state index in [2.05, 4.69) is 17.2 Å². The minimum absolute atomic E-state index is 0.208. The third kappa shape index (κ3) is 2.95. The number of hydrogen-bond donors (Lipinski definition) is 2. The van der Waals surface area contributed by atoms with E-state index in [1.807, 2.05) is 12.1 Å². The molecular formula is C27H30FN3O3. The van der Waals surface area contributed by atoms with Crippen LogP contribution in [0.4, 0.5) is 4.39 Å². The van der Waals surface area contributed by atoms with Crippen LogP contribution in [0.5, 0.6) is 11.5 Å². The summed E-state index contributed by atoms with van der Waals surface area (Å²) < 4.78 is 20.4. The molecule has 6 nitrogen and oxygen atoms in total. The number of aromatic hydroxyl groups is 1. The first kappa shape index (κ1) is 21.6. The Balaban J connectivity index is 1.32. The van der Waals surface area contributed by atoms with Crippen LogP contribution < -0.4 is 4.74 Å². The average Bonchev–Trinajstić information content (AvgIpc) is 3.43. The number of phenols is 1. The summed E-state index contributed by atoms with van der Waals surface area (Å²) in [6.07, 6.45) is 7.26. The summed E-state index contributed by atoms with van der Waals surface area (Å²) in [5.41, 5.74) is 2.49. The van der Waals surface area contributed by atoms with Gasteiger partial charge in [0.25, 0.3) is 0 Å². The Bertz CT molecular complexity index is 1240. The van der Waals surface area contributed by atoms with E-state index < -0.39 is 5.60 Å². The van der Waals surface area contributed by atoms with Gasteiger partial charge in [0.15, 0.2) is 11.5 Å². The van der Waals surface area contributed by atoms with Crippen LogP contribution in [0.3, 0.4) is 0 Å². The molecule has 0 amide bonds. The number of hydrogen-bond acceptors (Lipinski definition) is 5. The van der Waals surface area contributed by atoms with Gasteiger partial charge in [-0.1, -0.05) is 12.1 Å². The van der Waals surface area contributed by atoms with Gasteiger partial charge < -0.3 is 14.9 Å². The molecule has 0 aliphatic heterocycles. The maximum atomic E-state index is 13.3. The van der Waals surface area contributed by atoms with Crippen LogP contribution in [0.2, 0.25) is 0 Å². The standard InChI is InChI=1S/C27H30FN3O3/c1-26-11-9-19-20(8-3-16-13-23(32)24(34-2)14-21(16)19)22(26)10-12-27(26,33)25-15-31(30-29-25)18-6-4-17(28)5-7-18/h4-7,13-15,19-20,22,32-33H,3,8-12H2,1-2H3/t19-,20+,22-,26-,27+/m0/s1. The fourth-order valence-corrected chi connectivity index (χ4v) is 7.36. The highest BCUT2D eigenvalue weighted by Gasteiger charge is 2.63. The Labute approximate surface area is 198 Å². The number of aliphatic hydroxyl groups is 1. The molecule has 1 heterocycles. The van der Waals surface area contributed by atoms with Gasteiger partial charge in [0.2, 0.25) is 0 Å². The van der Waals surface area contributed by atoms with Crippen molar-refractivity contribution >= 4 is 0 Å². The average molecular weight is 464 g/mol. The third-order valence-electron chi connectivity index (χ3n) is 9.18. The van der Waals surface area contributed by atoms with Crippen molar-refractivity contribution in [3.8, 4) is 17.2 Å². The van der Waals surface area contributed by atoms with E-state index in [9.17, 15) is 14.6 Å². The molecule has 3 aliphatic rings. The summed E-state index contributed by atoms with van der Waals surface area (Å²) in [5.74, 6) is 1.70. The number of phenolic OH excluding ortho intramolecular Hbond substituents is 1. The minimum atomic E-state index is -1.05. The molecule has 3 aliphatic carbocycles. The number of halogens is 1. The van der Waals surface area contributed by atoms with E-state index in [0.29, 0.717) is 41.3 Å². The van der Waals surface area contributed by atoms with Crippen LogP contribution in [-0.2, 0) is 12.0 Å². The molecule has 2 N–H and O–H groups in total. The van der Waals surface area contributed by atoms with Crippen molar-refractivity contribution < 1.29 is 19.3 Å². The van der Waals surface area contributed by atoms with Crippen LogP contribution >= 0.6 is 0 Å². The van der Waals surface area contributed by atoms with Gasteiger partial charge in [0.05, 0.1) is 19.0 Å². The van der Waals surface area contributed by atoms with Crippen molar-refractivity contribution in [3.05, 3.63) is 65.2 Å². The summed E-state index contributed by atoms with van der Waals surface area (Å²) in [4.78, 5) is 0. The summed E-state index contributed by atoms with van der Waals surface area (Å²) >= 11 is 0.